The second-order valence-corrected chi connectivity index (χ2v) is 5.25. The monoisotopic (exact) mass is 255 g/mol. The average molecular weight is 255 g/mol. The van der Waals surface area contributed by atoms with Crippen molar-refractivity contribution in [2.24, 2.45) is 5.73 Å². The fourth-order valence-corrected chi connectivity index (χ4v) is 2.76. The van der Waals surface area contributed by atoms with Gasteiger partial charge in [-0.3, -0.25) is 9.69 Å². The van der Waals surface area contributed by atoms with E-state index in [0.717, 1.165) is 26.1 Å². The molecule has 0 spiro atoms. The van der Waals surface area contributed by atoms with Crippen molar-refractivity contribution in [1.29, 1.82) is 0 Å². The Hall–Kier alpha value is -0.610. The third-order valence-electron chi connectivity index (χ3n) is 3.90. The highest BCUT2D eigenvalue weighted by molar-refractivity contribution is 5.75. The third-order valence-corrected chi connectivity index (χ3v) is 3.90. The SMILES string of the molecule is CNC(=O)CCN(CCCN)C1CCCCCC1. The van der Waals surface area contributed by atoms with Crippen molar-refractivity contribution in [3.63, 3.8) is 0 Å². The standard InChI is InChI=1S/C14H29N3O/c1-16-14(18)9-12-17(11-6-10-15)13-7-4-2-3-5-8-13/h13H,2-12,15H2,1H3,(H,16,18). The number of nitrogens with two attached hydrogens (primary N) is 1. The van der Waals surface area contributed by atoms with Crippen LogP contribution in [-0.4, -0.2) is 43.5 Å². The number of nitrogens with zero attached hydrogens (tertiary/aromatic N) is 1. The molecule has 0 heterocycles. The molecule has 1 aliphatic carbocycles. The molecule has 1 rings (SSSR count). The van der Waals surface area contributed by atoms with Crippen molar-refractivity contribution in [3.8, 4) is 0 Å². The Bertz CT molecular complexity index is 225. The van der Waals surface area contributed by atoms with Crippen LogP contribution in [0.25, 0.3) is 0 Å². The predicted molar refractivity (Wildman–Crippen MR) is 75.4 cm³/mol. The first-order valence-electron chi connectivity index (χ1n) is 7.42. The molecule has 0 aliphatic heterocycles. The highest BCUT2D eigenvalue weighted by Gasteiger charge is 2.19. The van der Waals surface area contributed by atoms with E-state index in [1.54, 1.807) is 7.05 Å². The molecule has 4 heteroatoms. The molecule has 18 heavy (non-hydrogen) atoms. The molecule has 0 bridgehead atoms. The Kier molecular flexibility index (Phi) is 8.01. The van der Waals surface area contributed by atoms with Crippen LogP contribution >= 0.6 is 0 Å². The first-order valence-corrected chi connectivity index (χ1v) is 7.42. The van der Waals surface area contributed by atoms with Crippen LogP contribution in [0, 0.1) is 0 Å². The van der Waals surface area contributed by atoms with Crippen LogP contribution in [0.15, 0.2) is 0 Å². The lowest BCUT2D eigenvalue weighted by molar-refractivity contribution is -0.121. The molecular weight excluding hydrogens is 226 g/mol. The summed E-state index contributed by atoms with van der Waals surface area (Å²) in [5.74, 6) is 0.140. The quantitative estimate of drug-likeness (QED) is 0.678. The molecule has 0 atom stereocenters. The van der Waals surface area contributed by atoms with Gasteiger partial charge in [0.1, 0.15) is 0 Å². The van der Waals surface area contributed by atoms with Crippen molar-refractivity contribution in [2.75, 3.05) is 26.7 Å². The molecule has 0 saturated heterocycles. The minimum Gasteiger partial charge on any atom is -0.359 e. The lowest BCUT2D eigenvalue weighted by Crippen LogP contribution is -2.39. The molecule has 0 aromatic carbocycles. The Morgan fingerprint density at radius 1 is 1.22 bits per heavy atom. The number of rotatable bonds is 7. The lowest BCUT2D eigenvalue weighted by Gasteiger charge is -2.31. The zero-order valence-corrected chi connectivity index (χ0v) is 11.8. The smallest absolute Gasteiger partial charge is 0.221 e. The van der Waals surface area contributed by atoms with Crippen molar-refractivity contribution in [2.45, 2.75) is 57.4 Å². The van der Waals surface area contributed by atoms with Gasteiger partial charge in [0.25, 0.3) is 0 Å². The van der Waals surface area contributed by atoms with E-state index < -0.39 is 0 Å². The van der Waals surface area contributed by atoms with Crippen molar-refractivity contribution >= 4 is 5.91 Å². The van der Waals surface area contributed by atoms with Crippen LogP contribution in [0.1, 0.15) is 51.4 Å². The first kappa shape index (κ1) is 15.4. The van der Waals surface area contributed by atoms with Gasteiger partial charge < -0.3 is 11.1 Å². The van der Waals surface area contributed by atoms with Gasteiger partial charge in [-0.2, -0.15) is 0 Å². The Labute approximate surface area is 111 Å². The summed E-state index contributed by atoms with van der Waals surface area (Å²) in [5.41, 5.74) is 5.61. The highest BCUT2D eigenvalue weighted by Crippen LogP contribution is 2.22. The van der Waals surface area contributed by atoms with Gasteiger partial charge in [0, 0.05) is 26.1 Å². The number of hydrogen-bond donors (Lipinski definition) is 2. The molecule has 0 aromatic rings. The van der Waals surface area contributed by atoms with Crippen LogP contribution in [0.2, 0.25) is 0 Å². The summed E-state index contributed by atoms with van der Waals surface area (Å²) < 4.78 is 0. The molecule has 0 aromatic heterocycles. The normalized spacial score (nSPS) is 17.7. The van der Waals surface area contributed by atoms with Crippen molar-refractivity contribution in [1.82, 2.24) is 10.2 Å². The summed E-state index contributed by atoms with van der Waals surface area (Å²) in [5, 5.41) is 2.70. The van der Waals surface area contributed by atoms with Gasteiger partial charge in [0.2, 0.25) is 5.91 Å². The minimum absolute atomic E-state index is 0.140. The van der Waals surface area contributed by atoms with E-state index in [1.165, 1.54) is 38.5 Å². The van der Waals surface area contributed by atoms with Crippen LogP contribution in [0.5, 0.6) is 0 Å². The molecule has 0 unspecified atom stereocenters. The van der Waals surface area contributed by atoms with E-state index in [0.29, 0.717) is 12.5 Å². The van der Waals surface area contributed by atoms with E-state index in [-0.39, 0.29) is 5.91 Å². The topological polar surface area (TPSA) is 58.4 Å². The fraction of sp³-hybridized carbons (Fsp3) is 0.929. The number of carbonyl (C=O) groups excluding carboxylic acids is 1. The van der Waals surface area contributed by atoms with Gasteiger partial charge in [-0.1, -0.05) is 25.7 Å². The van der Waals surface area contributed by atoms with Gasteiger partial charge in [-0.05, 0) is 32.4 Å². The fourth-order valence-electron chi connectivity index (χ4n) is 2.76. The summed E-state index contributed by atoms with van der Waals surface area (Å²) in [6.45, 7) is 2.66. The Morgan fingerprint density at radius 3 is 2.44 bits per heavy atom. The second kappa shape index (κ2) is 9.34. The largest absolute Gasteiger partial charge is 0.359 e. The molecule has 1 saturated carbocycles. The Balaban J connectivity index is 2.43. The van der Waals surface area contributed by atoms with Crippen molar-refractivity contribution < 1.29 is 4.79 Å². The molecule has 0 radical (unpaired) electrons. The molecule has 3 N–H and O–H groups in total. The maximum atomic E-state index is 11.4. The number of carbonyl (C=O) groups is 1. The molecule has 1 amide bonds. The summed E-state index contributed by atoms with van der Waals surface area (Å²) >= 11 is 0. The summed E-state index contributed by atoms with van der Waals surface area (Å²) in [6.07, 6.45) is 9.64. The Morgan fingerprint density at radius 2 is 1.89 bits per heavy atom. The van der Waals surface area contributed by atoms with Crippen LogP contribution in [0.3, 0.4) is 0 Å². The zero-order valence-electron chi connectivity index (χ0n) is 11.8. The highest BCUT2D eigenvalue weighted by atomic mass is 16.1. The second-order valence-electron chi connectivity index (χ2n) is 5.25. The lowest BCUT2D eigenvalue weighted by atomic mass is 10.1. The number of hydrogen-bond acceptors (Lipinski definition) is 3. The van der Waals surface area contributed by atoms with Gasteiger partial charge in [-0.15, -0.1) is 0 Å². The predicted octanol–water partition coefficient (Wildman–Crippen LogP) is 1.50. The van der Waals surface area contributed by atoms with Crippen LogP contribution in [-0.2, 0) is 4.79 Å². The van der Waals surface area contributed by atoms with Gasteiger partial charge in [0.15, 0.2) is 0 Å². The number of amides is 1. The first-order chi connectivity index (χ1) is 8.77. The van der Waals surface area contributed by atoms with Crippen LogP contribution in [0.4, 0.5) is 0 Å². The van der Waals surface area contributed by atoms with E-state index in [9.17, 15) is 4.79 Å². The van der Waals surface area contributed by atoms with Gasteiger partial charge >= 0.3 is 0 Å². The minimum atomic E-state index is 0.140. The maximum absolute atomic E-state index is 11.4. The van der Waals surface area contributed by atoms with Gasteiger partial charge in [-0.25, -0.2) is 0 Å². The molecular formula is C14H29N3O. The summed E-state index contributed by atoms with van der Waals surface area (Å²) in [4.78, 5) is 13.9. The molecule has 4 nitrogen and oxygen atoms in total. The zero-order chi connectivity index (χ0) is 13.2. The van der Waals surface area contributed by atoms with Gasteiger partial charge in [0.05, 0.1) is 0 Å². The number of nitrogens with one attached hydrogen (secondary N) is 1. The third kappa shape index (κ3) is 5.83. The van der Waals surface area contributed by atoms with Crippen LogP contribution < -0.4 is 11.1 Å². The summed E-state index contributed by atoms with van der Waals surface area (Å²) in [6, 6.07) is 0.670. The maximum Gasteiger partial charge on any atom is 0.221 e. The van der Waals surface area contributed by atoms with E-state index in [2.05, 4.69) is 10.2 Å². The molecule has 1 aliphatic rings. The summed E-state index contributed by atoms with van der Waals surface area (Å²) in [7, 11) is 1.71. The van der Waals surface area contributed by atoms with E-state index >= 15 is 0 Å². The average Bonchev–Trinajstić information content (AvgIpc) is 2.67. The molecule has 1 fully saturated rings. The van der Waals surface area contributed by atoms with E-state index in [1.807, 2.05) is 0 Å². The molecule has 106 valence electrons. The van der Waals surface area contributed by atoms with Crippen molar-refractivity contribution in [3.05, 3.63) is 0 Å². The van der Waals surface area contributed by atoms with E-state index in [4.69, 9.17) is 5.73 Å².